The summed E-state index contributed by atoms with van der Waals surface area (Å²) >= 11 is 5.27. The molecule has 0 saturated heterocycles. The zero-order valence-corrected chi connectivity index (χ0v) is 15.3. The van der Waals surface area contributed by atoms with Gasteiger partial charge in [-0.3, -0.25) is 4.99 Å². The summed E-state index contributed by atoms with van der Waals surface area (Å²) in [5.41, 5.74) is 0. The van der Waals surface area contributed by atoms with Crippen molar-refractivity contribution in [1.82, 2.24) is 10.6 Å². The molecule has 0 bridgehead atoms. The highest BCUT2D eigenvalue weighted by molar-refractivity contribution is 14.0. The van der Waals surface area contributed by atoms with Gasteiger partial charge in [-0.2, -0.15) is 0 Å². The normalized spacial score (nSPS) is 22.3. The van der Waals surface area contributed by atoms with Crippen LogP contribution >= 0.6 is 51.2 Å². The van der Waals surface area contributed by atoms with Crippen LogP contribution in [0.1, 0.15) is 18.2 Å². The Morgan fingerprint density at radius 2 is 2.28 bits per heavy atom. The van der Waals surface area contributed by atoms with Gasteiger partial charge in [0.15, 0.2) is 5.96 Å². The predicted molar refractivity (Wildman–Crippen MR) is 93.2 cm³/mol. The number of hydrogen-bond acceptors (Lipinski definition) is 2. The molecule has 1 aliphatic carbocycles. The number of hydrogen-bond donors (Lipinski definition) is 2. The maximum atomic E-state index is 4.23. The Labute approximate surface area is 138 Å². The summed E-state index contributed by atoms with van der Waals surface area (Å²) in [5, 5.41) is 6.76. The largest absolute Gasteiger partial charge is 0.356 e. The van der Waals surface area contributed by atoms with Gasteiger partial charge in [0.05, 0.1) is 3.79 Å². The van der Waals surface area contributed by atoms with Gasteiger partial charge < -0.3 is 10.6 Å². The molecule has 1 heterocycles. The van der Waals surface area contributed by atoms with Crippen LogP contribution in [0.2, 0.25) is 0 Å². The molecule has 18 heavy (non-hydrogen) atoms. The summed E-state index contributed by atoms with van der Waals surface area (Å²) in [6.07, 6.45) is 2.30. The summed E-state index contributed by atoms with van der Waals surface area (Å²) in [4.78, 5) is 5.62. The van der Waals surface area contributed by atoms with E-state index < -0.39 is 0 Å². The third-order valence-corrected chi connectivity index (χ3v) is 4.63. The van der Waals surface area contributed by atoms with E-state index in [4.69, 9.17) is 0 Å². The number of thiophene rings is 1. The number of rotatable bonds is 4. The van der Waals surface area contributed by atoms with Crippen LogP contribution in [0.15, 0.2) is 20.9 Å². The molecule has 1 aliphatic rings. The van der Waals surface area contributed by atoms with Crippen LogP contribution in [0.4, 0.5) is 0 Å². The molecule has 3 nitrogen and oxygen atoms in total. The lowest BCUT2D eigenvalue weighted by atomic mass is 10.3. The average molecular weight is 444 g/mol. The molecule has 2 N–H and O–H groups in total. The summed E-state index contributed by atoms with van der Waals surface area (Å²) in [6.45, 7) is 3.18. The van der Waals surface area contributed by atoms with Crippen LogP contribution < -0.4 is 10.6 Å². The van der Waals surface area contributed by atoms with Gasteiger partial charge >= 0.3 is 0 Å². The van der Waals surface area contributed by atoms with Crippen molar-refractivity contribution in [2.24, 2.45) is 10.9 Å². The predicted octanol–water partition coefficient (Wildman–Crippen LogP) is 3.24. The van der Waals surface area contributed by atoms with Crippen LogP contribution in [-0.2, 0) is 6.42 Å². The fraction of sp³-hybridized carbons (Fsp3) is 0.583. The van der Waals surface area contributed by atoms with Crippen LogP contribution in [0.5, 0.6) is 0 Å². The molecule has 1 aromatic heterocycles. The van der Waals surface area contributed by atoms with E-state index >= 15 is 0 Å². The van der Waals surface area contributed by atoms with E-state index in [2.05, 4.69) is 50.6 Å². The molecule has 102 valence electrons. The first kappa shape index (κ1) is 16.2. The lowest BCUT2D eigenvalue weighted by Gasteiger charge is -2.10. The Morgan fingerprint density at radius 1 is 1.56 bits per heavy atom. The minimum absolute atomic E-state index is 0. The number of aliphatic imine (C=N–C) groups is 1. The molecule has 0 aromatic carbocycles. The molecular weight excluding hydrogens is 425 g/mol. The molecule has 6 heteroatoms. The summed E-state index contributed by atoms with van der Waals surface area (Å²) < 4.78 is 1.20. The monoisotopic (exact) mass is 443 g/mol. The molecule has 2 atom stereocenters. The maximum absolute atomic E-state index is 4.23. The highest BCUT2D eigenvalue weighted by Gasteiger charge is 2.33. The first-order chi connectivity index (χ1) is 8.19. The van der Waals surface area contributed by atoms with Crippen molar-refractivity contribution in [1.29, 1.82) is 0 Å². The van der Waals surface area contributed by atoms with Crippen LogP contribution in [0.3, 0.4) is 0 Å². The van der Waals surface area contributed by atoms with E-state index in [1.54, 1.807) is 11.3 Å². The molecular formula is C12H19BrIN3S. The lowest BCUT2D eigenvalue weighted by molar-refractivity contribution is 0.760. The molecule has 1 fully saturated rings. The van der Waals surface area contributed by atoms with Crippen molar-refractivity contribution in [2.45, 2.75) is 25.8 Å². The topological polar surface area (TPSA) is 36.4 Å². The van der Waals surface area contributed by atoms with E-state index in [0.29, 0.717) is 6.04 Å². The van der Waals surface area contributed by atoms with E-state index in [1.807, 2.05) is 7.05 Å². The van der Waals surface area contributed by atoms with Crippen LogP contribution in [0, 0.1) is 5.92 Å². The zero-order chi connectivity index (χ0) is 12.3. The first-order valence-corrected chi connectivity index (χ1v) is 7.51. The molecule has 1 saturated carbocycles. The number of guanidine groups is 1. The number of nitrogens with one attached hydrogen (secondary N) is 2. The molecule has 0 aliphatic heterocycles. The minimum atomic E-state index is 0. The SMILES string of the molecule is CN=C(NCCc1ccc(Br)s1)NC1CC1C.I. The van der Waals surface area contributed by atoms with Crippen molar-refractivity contribution < 1.29 is 0 Å². The minimum Gasteiger partial charge on any atom is -0.356 e. The summed E-state index contributed by atoms with van der Waals surface area (Å²) in [5.74, 6) is 1.72. The van der Waals surface area contributed by atoms with E-state index in [0.717, 1.165) is 24.8 Å². The Morgan fingerprint density at radius 3 is 2.78 bits per heavy atom. The second-order valence-electron chi connectivity index (χ2n) is 4.42. The van der Waals surface area contributed by atoms with Gasteiger partial charge in [-0.25, -0.2) is 0 Å². The average Bonchev–Trinajstić information content (AvgIpc) is 2.82. The molecule has 2 rings (SSSR count). The zero-order valence-electron chi connectivity index (χ0n) is 10.6. The van der Waals surface area contributed by atoms with Gasteiger partial charge in [0, 0.05) is 24.5 Å². The third-order valence-electron chi connectivity index (χ3n) is 2.95. The Kier molecular flexibility index (Phi) is 6.94. The van der Waals surface area contributed by atoms with Gasteiger partial charge in [-0.15, -0.1) is 35.3 Å². The number of nitrogens with zero attached hydrogens (tertiary/aromatic N) is 1. The molecule has 0 spiro atoms. The van der Waals surface area contributed by atoms with Gasteiger partial charge in [0.25, 0.3) is 0 Å². The van der Waals surface area contributed by atoms with Gasteiger partial charge in [0.2, 0.25) is 0 Å². The second kappa shape index (κ2) is 7.69. The van der Waals surface area contributed by atoms with E-state index in [1.165, 1.54) is 15.1 Å². The second-order valence-corrected chi connectivity index (χ2v) is 6.97. The van der Waals surface area contributed by atoms with Crippen molar-refractivity contribution in [2.75, 3.05) is 13.6 Å². The summed E-state index contributed by atoms with van der Waals surface area (Å²) in [6, 6.07) is 4.88. The highest BCUT2D eigenvalue weighted by Crippen LogP contribution is 2.28. The smallest absolute Gasteiger partial charge is 0.191 e. The van der Waals surface area contributed by atoms with Gasteiger partial charge in [-0.1, -0.05) is 6.92 Å². The fourth-order valence-electron chi connectivity index (χ4n) is 1.68. The quantitative estimate of drug-likeness (QED) is 0.425. The third kappa shape index (κ3) is 5.05. The Bertz CT molecular complexity index is 408. The highest BCUT2D eigenvalue weighted by atomic mass is 127. The van der Waals surface area contributed by atoms with Crippen LogP contribution in [-0.4, -0.2) is 25.6 Å². The fourth-order valence-corrected chi connectivity index (χ4v) is 3.17. The lowest BCUT2D eigenvalue weighted by Crippen LogP contribution is -2.39. The van der Waals surface area contributed by atoms with E-state index in [-0.39, 0.29) is 24.0 Å². The van der Waals surface area contributed by atoms with Crippen molar-refractivity contribution in [3.63, 3.8) is 0 Å². The Hall–Kier alpha value is 0.180. The van der Waals surface area contributed by atoms with Crippen molar-refractivity contribution >= 4 is 57.2 Å². The maximum Gasteiger partial charge on any atom is 0.191 e. The molecule has 0 radical (unpaired) electrons. The number of halogens is 2. The Balaban J connectivity index is 0.00000162. The standard InChI is InChI=1S/C12H18BrN3S.HI/c1-8-7-10(8)16-12(14-2)15-6-5-9-3-4-11(13)17-9;/h3-4,8,10H,5-7H2,1-2H3,(H2,14,15,16);1H. The van der Waals surface area contributed by atoms with Gasteiger partial charge in [0.1, 0.15) is 0 Å². The van der Waals surface area contributed by atoms with Crippen molar-refractivity contribution in [3.8, 4) is 0 Å². The first-order valence-electron chi connectivity index (χ1n) is 5.90. The van der Waals surface area contributed by atoms with Crippen LogP contribution in [0.25, 0.3) is 0 Å². The summed E-state index contributed by atoms with van der Waals surface area (Å²) in [7, 11) is 1.82. The molecule has 0 amide bonds. The van der Waals surface area contributed by atoms with E-state index in [9.17, 15) is 0 Å². The molecule has 1 aromatic rings. The van der Waals surface area contributed by atoms with Crippen molar-refractivity contribution in [3.05, 3.63) is 20.8 Å². The van der Waals surface area contributed by atoms with Gasteiger partial charge in [-0.05, 0) is 46.8 Å². The molecule has 2 unspecified atom stereocenters.